The number of benzene rings is 2. The number of carbonyl (C=O) groups excluding carboxylic acids is 1. The molecule has 1 amide bonds. The molecule has 29 heavy (non-hydrogen) atoms. The molecule has 3 aromatic rings. The summed E-state index contributed by atoms with van der Waals surface area (Å²) in [6.07, 6.45) is 2.29. The quantitative estimate of drug-likeness (QED) is 0.591. The van der Waals surface area contributed by atoms with Crippen molar-refractivity contribution in [2.45, 2.75) is 36.1 Å². The van der Waals surface area contributed by atoms with Crippen LogP contribution >= 0.6 is 11.8 Å². The van der Waals surface area contributed by atoms with Crippen LogP contribution < -0.4 is 10.2 Å². The lowest BCUT2D eigenvalue weighted by atomic mass is 10.2. The molecule has 0 radical (unpaired) electrons. The van der Waals surface area contributed by atoms with E-state index in [0.717, 1.165) is 35.7 Å². The van der Waals surface area contributed by atoms with Gasteiger partial charge in [-0.05, 0) is 56.2 Å². The SMILES string of the molecule is CC(Sc1nc(C2CC2)n(-c2ccccc2)n1)C(=O)Nc1ccc(N(C)C)cc1. The van der Waals surface area contributed by atoms with Gasteiger partial charge < -0.3 is 10.2 Å². The molecule has 1 heterocycles. The molecule has 7 heteroatoms. The molecular weight excluding hydrogens is 382 g/mol. The molecule has 4 rings (SSSR count). The van der Waals surface area contributed by atoms with Crippen LogP contribution in [-0.4, -0.2) is 40.0 Å². The minimum absolute atomic E-state index is 0.0587. The van der Waals surface area contributed by atoms with E-state index in [0.29, 0.717) is 11.1 Å². The van der Waals surface area contributed by atoms with Gasteiger partial charge in [0.05, 0.1) is 10.9 Å². The van der Waals surface area contributed by atoms with Crippen LogP contribution in [0.5, 0.6) is 0 Å². The lowest BCUT2D eigenvalue weighted by Crippen LogP contribution is -2.22. The maximum atomic E-state index is 12.6. The monoisotopic (exact) mass is 407 g/mol. The van der Waals surface area contributed by atoms with Crippen LogP contribution in [0, 0.1) is 0 Å². The normalized spacial score (nSPS) is 14.4. The third-order valence-corrected chi connectivity index (χ3v) is 5.81. The maximum Gasteiger partial charge on any atom is 0.237 e. The summed E-state index contributed by atoms with van der Waals surface area (Å²) in [5, 5.41) is 8.00. The Kier molecular flexibility index (Phi) is 5.58. The number of rotatable bonds is 7. The molecule has 1 N–H and O–H groups in total. The average molecular weight is 408 g/mol. The standard InChI is InChI=1S/C22H25N5OS/c1-15(21(28)23-17-11-13-18(14-12-17)26(2)3)29-22-24-20(16-9-10-16)27(25-22)19-7-5-4-6-8-19/h4-8,11-16H,9-10H2,1-3H3,(H,23,28). The molecule has 2 aromatic carbocycles. The summed E-state index contributed by atoms with van der Waals surface area (Å²) < 4.78 is 1.92. The van der Waals surface area contributed by atoms with Gasteiger partial charge in [0.1, 0.15) is 5.82 Å². The lowest BCUT2D eigenvalue weighted by molar-refractivity contribution is -0.115. The number of carbonyl (C=O) groups is 1. The molecule has 1 saturated carbocycles. The highest BCUT2D eigenvalue weighted by Gasteiger charge is 2.31. The molecule has 1 unspecified atom stereocenters. The van der Waals surface area contributed by atoms with E-state index >= 15 is 0 Å². The fourth-order valence-electron chi connectivity index (χ4n) is 3.02. The molecule has 6 nitrogen and oxygen atoms in total. The summed E-state index contributed by atoms with van der Waals surface area (Å²) in [6, 6.07) is 17.8. The molecule has 0 aliphatic heterocycles. The number of hydrogen-bond donors (Lipinski definition) is 1. The van der Waals surface area contributed by atoms with Crippen LogP contribution in [0.15, 0.2) is 59.8 Å². The molecular formula is C22H25N5OS. The van der Waals surface area contributed by atoms with Crippen molar-refractivity contribution in [3.8, 4) is 5.69 Å². The second-order valence-corrected chi connectivity index (χ2v) is 8.77. The van der Waals surface area contributed by atoms with Crippen LogP contribution in [-0.2, 0) is 4.79 Å². The van der Waals surface area contributed by atoms with E-state index in [1.165, 1.54) is 11.8 Å². The van der Waals surface area contributed by atoms with Crippen molar-refractivity contribution in [2.75, 3.05) is 24.3 Å². The van der Waals surface area contributed by atoms with Gasteiger partial charge in [-0.15, -0.1) is 5.10 Å². The van der Waals surface area contributed by atoms with Gasteiger partial charge in [-0.1, -0.05) is 30.0 Å². The number of hydrogen-bond acceptors (Lipinski definition) is 5. The van der Waals surface area contributed by atoms with Crippen LogP contribution in [0.25, 0.3) is 5.69 Å². The van der Waals surface area contributed by atoms with E-state index < -0.39 is 0 Å². The molecule has 0 saturated heterocycles. The Hall–Kier alpha value is -2.80. The van der Waals surface area contributed by atoms with Crippen molar-refractivity contribution in [1.29, 1.82) is 0 Å². The molecule has 0 spiro atoms. The first-order valence-corrected chi connectivity index (χ1v) is 10.7. The van der Waals surface area contributed by atoms with E-state index in [-0.39, 0.29) is 11.2 Å². The first kappa shape index (κ1) is 19.5. The molecule has 1 fully saturated rings. The molecule has 1 aliphatic rings. The number of nitrogens with zero attached hydrogens (tertiary/aromatic N) is 4. The minimum Gasteiger partial charge on any atom is -0.378 e. The summed E-state index contributed by atoms with van der Waals surface area (Å²) in [7, 11) is 3.98. The van der Waals surface area contributed by atoms with E-state index in [9.17, 15) is 4.79 Å². The fraction of sp³-hybridized carbons (Fsp3) is 0.318. The summed E-state index contributed by atoms with van der Waals surface area (Å²) in [6.45, 7) is 1.88. The second kappa shape index (κ2) is 8.29. The van der Waals surface area contributed by atoms with Crippen molar-refractivity contribution in [3.05, 3.63) is 60.4 Å². The van der Waals surface area contributed by atoms with Gasteiger partial charge in [-0.3, -0.25) is 4.79 Å². The molecule has 150 valence electrons. The van der Waals surface area contributed by atoms with Gasteiger partial charge in [-0.25, -0.2) is 9.67 Å². The summed E-state index contributed by atoms with van der Waals surface area (Å²) in [5.41, 5.74) is 2.88. The summed E-state index contributed by atoms with van der Waals surface area (Å²) in [4.78, 5) is 19.4. The molecule has 1 aliphatic carbocycles. The van der Waals surface area contributed by atoms with Crippen molar-refractivity contribution in [1.82, 2.24) is 14.8 Å². The molecule has 0 bridgehead atoms. The van der Waals surface area contributed by atoms with E-state index in [1.807, 2.05) is 85.2 Å². The molecule has 1 atom stereocenters. The largest absolute Gasteiger partial charge is 0.378 e. The smallest absolute Gasteiger partial charge is 0.237 e. The average Bonchev–Trinajstić information content (AvgIpc) is 3.49. The third kappa shape index (κ3) is 4.62. The predicted molar refractivity (Wildman–Crippen MR) is 118 cm³/mol. The number of aromatic nitrogens is 3. The first-order chi connectivity index (χ1) is 14.0. The highest BCUT2D eigenvalue weighted by molar-refractivity contribution is 8.00. The van der Waals surface area contributed by atoms with Gasteiger partial charge in [0.2, 0.25) is 11.1 Å². The fourth-order valence-corrected chi connectivity index (χ4v) is 3.78. The predicted octanol–water partition coefficient (Wildman–Crippen LogP) is 4.33. The van der Waals surface area contributed by atoms with Crippen LogP contribution in [0.4, 0.5) is 11.4 Å². The zero-order chi connectivity index (χ0) is 20.4. The highest BCUT2D eigenvalue weighted by atomic mass is 32.2. The van der Waals surface area contributed by atoms with Crippen molar-refractivity contribution in [2.24, 2.45) is 0 Å². The Morgan fingerprint density at radius 3 is 2.45 bits per heavy atom. The number of thioether (sulfide) groups is 1. The van der Waals surface area contributed by atoms with Gasteiger partial charge in [0.15, 0.2) is 0 Å². The molecule has 1 aromatic heterocycles. The number of amides is 1. The number of nitrogens with one attached hydrogen (secondary N) is 1. The Balaban J connectivity index is 1.45. The van der Waals surface area contributed by atoms with Crippen LogP contribution in [0.1, 0.15) is 31.5 Å². The topological polar surface area (TPSA) is 63.1 Å². The maximum absolute atomic E-state index is 12.6. The van der Waals surface area contributed by atoms with Gasteiger partial charge in [-0.2, -0.15) is 0 Å². The van der Waals surface area contributed by atoms with Gasteiger partial charge in [0.25, 0.3) is 0 Å². The van der Waals surface area contributed by atoms with E-state index in [2.05, 4.69) is 10.4 Å². The number of para-hydroxylation sites is 1. The lowest BCUT2D eigenvalue weighted by Gasteiger charge is -2.14. The number of anilines is 2. The minimum atomic E-state index is -0.304. The second-order valence-electron chi connectivity index (χ2n) is 7.46. The van der Waals surface area contributed by atoms with E-state index in [4.69, 9.17) is 4.98 Å². The summed E-state index contributed by atoms with van der Waals surface area (Å²) >= 11 is 1.39. The zero-order valence-corrected chi connectivity index (χ0v) is 17.7. The third-order valence-electron chi connectivity index (χ3n) is 4.86. The Bertz CT molecular complexity index is 980. The van der Waals surface area contributed by atoms with Gasteiger partial charge in [0, 0.05) is 31.4 Å². The Labute approximate surface area is 175 Å². The van der Waals surface area contributed by atoms with E-state index in [1.54, 1.807) is 0 Å². The Morgan fingerprint density at radius 2 is 1.83 bits per heavy atom. The Morgan fingerprint density at radius 1 is 1.14 bits per heavy atom. The van der Waals surface area contributed by atoms with Crippen LogP contribution in [0.2, 0.25) is 0 Å². The van der Waals surface area contributed by atoms with Crippen molar-refractivity contribution in [3.63, 3.8) is 0 Å². The summed E-state index contributed by atoms with van der Waals surface area (Å²) in [5.74, 6) is 1.40. The van der Waals surface area contributed by atoms with Crippen molar-refractivity contribution < 1.29 is 4.79 Å². The van der Waals surface area contributed by atoms with Crippen LogP contribution in [0.3, 0.4) is 0 Å². The first-order valence-electron chi connectivity index (χ1n) is 9.78. The highest BCUT2D eigenvalue weighted by Crippen LogP contribution is 2.40. The van der Waals surface area contributed by atoms with Crippen molar-refractivity contribution >= 4 is 29.0 Å². The zero-order valence-electron chi connectivity index (χ0n) is 16.9. The van der Waals surface area contributed by atoms with Gasteiger partial charge >= 0.3 is 0 Å².